The minimum atomic E-state index is 0. The molecular weight excluding hydrogens is 235 g/mol. The Labute approximate surface area is 101 Å². The fourth-order valence-corrected chi connectivity index (χ4v) is 2.06. The van der Waals surface area contributed by atoms with Crippen LogP contribution in [0, 0.1) is 12.3 Å². The van der Waals surface area contributed by atoms with E-state index in [-0.39, 0.29) is 26.2 Å². The van der Waals surface area contributed by atoms with Crippen molar-refractivity contribution >= 4 is 0 Å². The molecule has 0 amide bonds. The molecule has 2 aliphatic rings. The van der Waals surface area contributed by atoms with Crippen molar-refractivity contribution in [3.63, 3.8) is 0 Å². The van der Waals surface area contributed by atoms with Crippen LogP contribution in [0.1, 0.15) is 39.5 Å². The molecule has 0 aliphatic heterocycles. The van der Waals surface area contributed by atoms with E-state index in [4.69, 9.17) is 0 Å². The van der Waals surface area contributed by atoms with Crippen molar-refractivity contribution in [1.82, 2.24) is 0 Å². The normalized spacial score (nSPS) is 21.3. The molecule has 0 atom stereocenters. The van der Waals surface area contributed by atoms with E-state index in [1.807, 2.05) is 0 Å². The molecule has 0 heterocycles. The number of rotatable bonds is 1. The van der Waals surface area contributed by atoms with Crippen LogP contribution in [-0.2, 0) is 26.2 Å². The van der Waals surface area contributed by atoms with Crippen molar-refractivity contribution in [3.8, 4) is 0 Å². The predicted molar refractivity (Wildman–Crippen MR) is 52.7 cm³/mol. The van der Waals surface area contributed by atoms with E-state index in [0.717, 1.165) is 0 Å². The molecule has 2 rings (SSSR count). The quantitative estimate of drug-likeness (QED) is 0.668. The molecule has 1 radical (unpaired) electrons. The standard InChI is InChI=1S/C12H17.Zr/c1-9(2)12-7-10-5-3-4-6-11(10)8-12;/h7-9H,3-6H2,1-2H3;. The third kappa shape index (κ3) is 2.43. The fraction of sp³-hybridized carbons (Fsp3) is 0.583. The second-order valence-electron chi connectivity index (χ2n) is 4.20. The Morgan fingerprint density at radius 1 is 1.08 bits per heavy atom. The Kier molecular flexibility index (Phi) is 4.17. The van der Waals surface area contributed by atoms with Gasteiger partial charge in [0, 0.05) is 32.6 Å². The fourth-order valence-electron chi connectivity index (χ4n) is 2.06. The Morgan fingerprint density at radius 2 is 1.69 bits per heavy atom. The first-order valence-corrected chi connectivity index (χ1v) is 5.06. The first-order valence-electron chi connectivity index (χ1n) is 5.06. The molecule has 69 valence electrons. The Hall–Kier alpha value is 0.363. The summed E-state index contributed by atoms with van der Waals surface area (Å²) < 4.78 is 0. The minimum absolute atomic E-state index is 0. The third-order valence-corrected chi connectivity index (χ3v) is 2.90. The van der Waals surface area contributed by atoms with Gasteiger partial charge in [-0.2, -0.15) is 0 Å². The molecule has 0 spiro atoms. The summed E-state index contributed by atoms with van der Waals surface area (Å²) in [5.41, 5.74) is 4.80. The maximum atomic E-state index is 2.42. The summed E-state index contributed by atoms with van der Waals surface area (Å²) in [6.45, 7) is 4.56. The molecule has 13 heavy (non-hydrogen) atoms. The monoisotopic (exact) mass is 251 g/mol. The predicted octanol–water partition coefficient (Wildman–Crippen LogP) is 3.65. The van der Waals surface area contributed by atoms with Crippen molar-refractivity contribution in [3.05, 3.63) is 29.2 Å². The van der Waals surface area contributed by atoms with E-state index in [1.165, 1.54) is 25.7 Å². The molecule has 0 saturated carbocycles. The van der Waals surface area contributed by atoms with Crippen LogP contribution in [0.5, 0.6) is 0 Å². The van der Waals surface area contributed by atoms with Gasteiger partial charge in [-0.3, -0.25) is 0 Å². The SMILES string of the molecule is CC(C)C1=CC2=C([CH]1)CCCC2.[Zr]. The van der Waals surface area contributed by atoms with Crippen LogP contribution in [0.4, 0.5) is 0 Å². The van der Waals surface area contributed by atoms with Gasteiger partial charge in [0.25, 0.3) is 0 Å². The Balaban J connectivity index is 0.000000845. The molecule has 2 aliphatic carbocycles. The van der Waals surface area contributed by atoms with Crippen LogP contribution < -0.4 is 0 Å². The number of allylic oxidation sites excluding steroid dienone is 4. The average Bonchev–Trinajstić information content (AvgIpc) is 2.46. The largest absolute Gasteiger partial charge is 0.0593 e. The second-order valence-corrected chi connectivity index (χ2v) is 4.20. The van der Waals surface area contributed by atoms with Gasteiger partial charge in [-0.05, 0) is 37.2 Å². The maximum Gasteiger partial charge on any atom is 0.0122 e. The minimum Gasteiger partial charge on any atom is -0.0593 e. The smallest absolute Gasteiger partial charge is 0.0122 e. The maximum absolute atomic E-state index is 2.42. The summed E-state index contributed by atoms with van der Waals surface area (Å²) in [7, 11) is 0. The summed E-state index contributed by atoms with van der Waals surface area (Å²) in [5, 5.41) is 0. The molecule has 0 unspecified atom stereocenters. The Morgan fingerprint density at radius 3 is 2.23 bits per heavy atom. The van der Waals surface area contributed by atoms with Gasteiger partial charge in [-0.25, -0.2) is 0 Å². The van der Waals surface area contributed by atoms with Gasteiger partial charge in [0.15, 0.2) is 0 Å². The van der Waals surface area contributed by atoms with Crippen LogP contribution >= 0.6 is 0 Å². The van der Waals surface area contributed by atoms with Gasteiger partial charge in [0.2, 0.25) is 0 Å². The van der Waals surface area contributed by atoms with E-state index in [2.05, 4.69) is 26.3 Å². The van der Waals surface area contributed by atoms with Crippen LogP contribution in [0.3, 0.4) is 0 Å². The van der Waals surface area contributed by atoms with Gasteiger partial charge in [-0.1, -0.05) is 31.1 Å². The molecule has 0 aromatic heterocycles. The molecule has 0 N–H and O–H groups in total. The van der Waals surface area contributed by atoms with Crippen LogP contribution in [0.2, 0.25) is 0 Å². The van der Waals surface area contributed by atoms with Crippen molar-refractivity contribution in [1.29, 1.82) is 0 Å². The second kappa shape index (κ2) is 4.73. The Bertz CT molecular complexity index is 246. The average molecular weight is 252 g/mol. The van der Waals surface area contributed by atoms with Gasteiger partial charge >= 0.3 is 0 Å². The van der Waals surface area contributed by atoms with E-state index in [0.29, 0.717) is 5.92 Å². The zero-order chi connectivity index (χ0) is 8.55. The summed E-state index contributed by atoms with van der Waals surface area (Å²) in [4.78, 5) is 0. The van der Waals surface area contributed by atoms with E-state index >= 15 is 0 Å². The summed E-state index contributed by atoms with van der Waals surface area (Å²) in [6.07, 6.45) is 10.3. The van der Waals surface area contributed by atoms with E-state index in [1.54, 1.807) is 16.7 Å². The third-order valence-electron chi connectivity index (χ3n) is 2.90. The van der Waals surface area contributed by atoms with Crippen LogP contribution in [0.15, 0.2) is 22.8 Å². The summed E-state index contributed by atoms with van der Waals surface area (Å²) >= 11 is 0. The molecule has 0 aromatic carbocycles. The molecule has 0 aromatic rings. The topological polar surface area (TPSA) is 0 Å². The van der Waals surface area contributed by atoms with Gasteiger partial charge in [0.1, 0.15) is 0 Å². The molecule has 0 bridgehead atoms. The van der Waals surface area contributed by atoms with Crippen molar-refractivity contribution in [2.24, 2.45) is 5.92 Å². The van der Waals surface area contributed by atoms with E-state index in [9.17, 15) is 0 Å². The molecule has 0 fully saturated rings. The van der Waals surface area contributed by atoms with Crippen LogP contribution in [-0.4, -0.2) is 0 Å². The molecular formula is C12H17Zr. The molecule has 0 nitrogen and oxygen atoms in total. The summed E-state index contributed by atoms with van der Waals surface area (Å²) in [5.74, 6) is 0.704. The first-order chi connectivity index (χ1) is 5.77. The zero-order valence-corrected chi connectivity index (χ0v) is 11.0. The number of hydrogen-bond acceptors (Lipinski definition) is 0. The van der Waals surface area contributed by atoms with Gasteiger partial charge < -0.3 is 0 Å². The zero-order valence-electron chi connectivity index (χ0n) is 8.56. The van der Waals surface area contributed by atoms with E-state index < -0.39 is 0 Å². The first kappa shape index (κ1) is 11.4. The summed E-state index contributed by atoms with van der Waals surface area (Å²) in [6, 6.07) is 0. The molecule has 0 saturated heterocycles. The van der Waals surface area contributed by atoms with Gasteiger partial charge in [-0.15, -0.1) is 0 Å². The van der Waals surface area contributed by atoms with Crippen molar-refractivity contribution < 1.29 is 26.2 Å². The van der Waals surface area contributed by atoms with Gasteiger partial charge in [0.05, 0.1) is 0 Å². The molecule has 1 heteroatoms. The van der Waals surface area contributed by atoms with Crippen LogP contribution in [0.25, 0.3) is 0 Å². The number of hydrogen-bond donors (Lipinski definition) is 0. The van der Waals surface area contributed by atoms with Crippen molar-refractivity contribution in [2.75, 3.05) is 0 Å². The van der Waals surface area contributed by atoms with Crippen molar-refractivity contribution in [2.45, 2.75) is 39.5 Å².